The number of carboxylic acids is 1. The average Bonchev–Trinajstić information content (AvgIpc) is 2.98. The molecule has 0 saturated heterocycles. The lowest BCUT2D eigenvalue weighted by Gasteiger charge is -2.05. The smallest absolute Gasteiger partial charge is 0.305 e. The van der Waals surface area contributed by atoms with Crippen molar-refractivity contribution in [3.63, 3.8) is 0 Å². The van der Waals surface area contributed by atoms with E-state index in [0.717, 1.165) is 32.1 Å². The maximum absolute atomic E-state index is 11.9. The largest absolute Gasteiger partial charge is 0.481 e. The van der Waals surface area contributed by atoms with Gasteiger partial charge in [0.2, 0.25) is 0 Å². The standard InChI is InChI=1S/C38H72O4/c1-2-3-4-5-6-7-8-9-13-17-20-23-26-29-32-35-38(41)42-36-33-30-27-24-21-18-15-12-10-11-14-16-19-22-25-28-31-34-37(39)40/h9,13H,2-8,10-12,14-36H2,1H3,(H,39,40)/b13-9-. The highest BCUT2D eigenvalue weighted by Crippen LogP contribution is 2.15. The van der Waals surface area contributed by atoms with E-state index in [2.05, 4.69) is 19.1 Å². The van der Waals surface area contributed by atoms with Gasteiger partial charge in [0, 0.05) is 12.8 Å². The van der Waals surface area contributed by atoms with Crippen molar-refractivity contribution in [2.75, 3.05) is 6.61 Å². The number of carbonyl (C=O) groups is 2. The monoisotopic (exact) mass is 593 g/mol. The molecule has 0 aromatic heterocycles. The van der Waals surface area contributed by atoms with E-state index in [1.807, 2.05) is 0 Å². The molecule has 0 fully saturated rings. The molecule has 0 saturated carbocycles. The van der Waals surface area contributed by atoms with E-state index < -0.39 is 5.97 Å². The van der Waals surface area contributed by atoms with Gasteiger partial charge >= 0.3 is 11.9 Å². The third kappa shape index (κ3) is 36.7. The van der Waals surface area contributed by atoms with Gasteiger partial charge in [0.1, 0.15) is 0 Å². The van der Waals surface area contributed by atoms with E-state index in [4.69, 9.17) is 9.84 Å². The third-order valence-electron chi connectivity index (χ3n) is 8.44. The Morgan fingerprint density at radius 2 is 0.786 bits per heavy atom. The molecule has 0 aromatic carbocycles. The van der Waals surface area contributed by atoms with Gasteiger partial charge in [-0.3, -0.25) is 9.59 Å². The van der Waals surface area contributed by atoms with Crippen molar-refractivity contribution < 1.29 is 19.4 Å². The maximum Gasteiger partial charge on any atom is 0.305 e. The number of carbonyl (C=O) groups excluding carboxylic acids is 1. The topological polar surface area (TPSA) is 63.6 Å². The number of hydrogen-bond acceptors (Lipinski definition) is 3. The molecule has 0 rings (SSSR count). The first-order valence-electron chi connectivity index (χ1n) is 18.7. The van der Waals surface area contributed by atoms with Gasteiger partial charge in [0.05, 0.1) is 6.61 Å². The van der Waals surface area contributed by atoms with Crippen LogP contribution in [0.2, 0.25) is 0 Å². The van der Waals surface area contributed by atoms with Crippen LogP contribution < -0.4 is 0 Å². The second kappa shape index (κ2) is 35.9. The molecular formula is C38H72O4. The van der Waals surface area contributed by atoms with Gasteiger partial charge in [-0.05, 0) is 44.9 Å². The van der Waals surface area contributed by atoms with Crippen LogP contribution in [-0.4, -0.2) is 23.7 Å². The van der Waals surface area contributed by atoms with Gasteiger partial charge < -0.3 is 9.84 Å². The Kier molecular flexibility index (Phi) is 34.7. The van der Waals surface area contributed by atoms with E-state index in [1.165, 1.54) is 161 Å². The second-order valence-electron chi connectivity index (χ2n) is 12.7. The van der Waals surface area contributed by atoms with Gasteiger partial charge in [-0.2, -0.15) is 0 Å². The van der Waals surface area contributed by atoms with Gasteiger partial charge in [-0.15, -0.1) is 0 Å². The first kappa shape index (κ1) is 40.7. The minimum absolute atomic E-state index is 0.000564. The molecule has 0 unspecified atom stereocenters. The van der Waals surface area contributed by atoms with E-state index in [1.54, 1.807) is 0 Å². The fourth-order valence-electron chi connectivity index (χ4n) is 5.63. The zero-order chi connectivity index (χ0) is 30.6. The molecule has 0 aromatic rings. The van der Waals surface area contributed by atoms with Gasteiger partial charge in [-0.1, -0.05) is 167 Å². The van der Waals surface area contributed by atoms with Gasteiger partial charge in [0.25, 0.3) is 0 Å². The summed E-state index contributed by atoms with van der Waals surface area (Å²) in [5.74, 6) is -0.663. The van der Waals surface area contributed by atoms with Crippen LogP contribution in [0.25, 0.3) is 0 Å². The molecule has 0 amide bonds. The number of allylic oxidation sites excluding steroid dienone is 2. The van der Waals surface area contributed by atoms with E-state index in [9.17, 15) is 9.59 Å². The lowest BCUT2D eigenvalue weighted by molar-refractivity contribution is -0.144. The predicted molar refractivity (Wildman–Crippen MR) is 181 cm³/mol. The number of hydrogen-bond donors (Lipinski definition) is 1. The Bertz CT molecular complexity index is 586. The van der Waals surface area contributed by atoms with Crippen LogP contribution in [0.5, 0.6) is 0 Å². The highest BCUT2D eigenvalue weighted by atomic mass is 16.5. The summed E-state index contributed by atoms with van der Waals surface area (Å²) < 4.78 is 5.43. The van der Waals surface area contributed by atoms with Crippen LogP contribution in [0.15, 0.2) is 12.2 Å². The Labute approximate surface area is 262 Å². The number of rotatable bonds is 35. The van der Waals surface area contributed by atoms with Crippen molar-refractivity contribution in [2.45, 2.75) is 212 Å². The number of unbranched alkanes of at least 4 members (excludes halogenated alkanes) is 27. The number of carboxylic acid groups (broad SMARTS) is 1. The summed E-state index contributed by atoms with van der Waals surface area (Å²) in [6.45, 7) is 2.88. The van der Waals surface area contributed by atoms with Crippen LogP contribution in [0.3, 0.4) is 0 Å². The summed E-state index contributed by atoms with van der Waals surface area (Å²) >= 11 is 0. The molecule has 0 radical (unpaired) electrons. The summed E-state index contributed by atoms with van der Waals surface area (Å²) in [4.78, 5) is 22.4. The quantitative estimate of drug-likeness (QED) is 0.0451. The molecule has 0 spiro atoms. The van der Waals surface area contributed by atoms with Crippen molar-refractivity contribution in [1.29, 1.82) is 0 Å². The maximum atomic E-state index is 11.9. The van der Waals surface area contributed by atoms with Crippen LogP contribution in [0, 0.1) is 0 Å². The molecule has 1 N–H and O–H groups in total. The average molecular weight is 593 g/mol. The fourth-order valence-corrected chi connectivity index (χ4v) is 5.63. The molecule has 248 valence electrons. The Balaban J connectivity index is 3.18. The van der Waals surface area contributed by atoms with Gasteiger partial charge in [-0.25, -0.2) is 0 Å². The van der Waals surface area contributed by atoms with E-state index in [-0.39, 0.29) is 5.97 Å². The molecule has 0 aliphatic carbocycles. The Hall–Kier alpha value is -1.32. The zero-order valence-electron chi connectivity index (χ0n) is 28.2. The zero-order valence-corrected chi connectivity index (χ0v) is 28.2. The number of ether oxygens (including phenoxy) is 1. The highest BCUT2D eigenvalue weighted by Gasteiger charge is 2.03. The summed E-state index contributed by atoms with van der Waals surface area (Å²) in [5.41, 5.74) is 0. The molecule has 4 nitrogen and oxygen atoms in total. The molecule has 0 atom stereocenters. The molecule has 0 aliphatic heterocycles. The van der Waals surface area contributed by atoms with E-state index in [0.29, 0.717) is 19.4 Å². The normalized spacial score (nSPS) is 11.5. The highest BCUT2D eigenvalue weighted by molar-refractivity contribution is 5.69. The lowest BCUT2D eigenvalue weighted by Crippen LogP contribution is -2.05. The van der Waals surface area contributed by atoms with Gasteiger partial charge in [0.15, 0.2) is 0 Å². The molecule has 0 aliphatic rings. The minimum atomic E-state index is -0.663. The first-order valence-corrected chi connectivity index (χ1v) is 18.7. The predicted octanol–water partition coefficient (Wildman–Crippen LogP) is 12.7. The fraction of sp³-hybridized carbons (Fsp3) is 0.895. The Morgan fingerprint density at radius 3 is 1.19 bits per heavy atom. The van der Waals surface area contributed by atoms with Crippen LogP contribution in [0.1, 0.15) is 212 Å². The third-order valence-corrected chi connectivity index (χ3v) is 8.44. The van der Waals surface area contributed by atoms with Crippen molar-refractivity contribution in [1.82, 2.24) is 0 Å². The van der Waals surface area contributed by atoms with E-state index >= 15 is 0 Å². The Morgan fingerprint density at radius 1 is 0.452 bits per heavy atom. The molecule has 4 heteroatoms. The molecule has 0 heterocycles. The van der Waals surface area contributed by atoms with Crippen LogP contribution in [-0.2, 0) is 14.3 Å². The van der Waals surface area contributed by atoms with Crippen molar-refractivity contribution >= 4 is 11.9 Å². The van der Waals surface area contributed by atoms with Crippen molar-refractivity contribution in [3.05, 3.63) is 12.2 Å². The van der Waals surface area contributed by atoms with Crippen molar-refractivity contribution in [2.24, 2.45) is 0 Å². The summed E-state index contributed by atoms with van der Waals surface area (Å²) in [7, 11) is 0. The lowest BCUT2D eigenvalue weighted by atomic mass is 10.0. The number of esters is 1. The minimum Gasteiger partial charge on any atom is -0.481 e. The summed E-state index contributed by atoms with van der Waals surface area (Å²) in [5, 5.41) is 8.63. The number of aliphatic carboxylic acids is 1. The summed E-state index contributed by atoms with van der Waals surface area (Å²) in [6.07, 6.45) is 43.7. The van der Waals surface area contributed by atoms with Crippen LogP contribution in [0.4, 0.5) is 0 Å². The van der Waals surface area contributed by atoms with Crippen LogP contribution >= 0.6 is 0 Å². The SMILES string of the molecule is CCCCCCCC/C=C\CCCCCCCC(=O)OCCCCCCCCCCCCCCCCCCCC(=O)O. The second-order valence-corrected chi connectivity index (χ2v) is 12.7. The molecule has 0 bridgehead atoms. The first-order chi connectivity index (χ1) is 20.7. The molecular weight excluding hydrogens is 520 g/mol. The summed E-state index contributed by atoms with van der Waals surface area (Å²) in [6, 6.07) is 0. The molecule has 42 heavy (non-hydrogen) atoms. The van der Waals surface area contributed by atoms with Crippen molar-refractivity contribution in [3.8, 4) is 0 Å².